The summed E-state index contributed by atoms with van der Waals surface area (Å²) in [5, 5.41) is 13.7. The lowest BCUT2D eigenvalue weighted by Gasteiger charge is -2.52. The number of amides is 1. The van der Waals surface area contributed by atoms with E-state index in [9.17, 15) is 9.90 Å². The number of carbonyl (C=O) groups is 1. The van der Waals surface area contributed by atoms with Crippen molar-refractivity contribution in [3.05, 3.63) is 78.1 Å². The van der Waals surface area contributed by atoms with Crippen LogP contribution in [0, 0.1) is 5.92 Å². The van der Waals surface area contributed by atoms with Crippen molar-refractivity contribution in [3.8, 4) is 0 Å². The minimum atomic E-state index is -0.861. The Balaban J connectivity index is 1.52. The molecular formula is C25H26N2O2. The number of hydrogen-bond acceptors (Lipinski definition) is 3. The molecule has 5 rings (SSSR count). The Bertz CT molecular complexity index is 1030. The highest BCUT2D eigenvalue weighted by Crippen LogP contribution is 2.47. The molecule has 0 spiro atoms. The van der Waals surface area contributed by atoms with Gasteiger partial charge < -0.3 is 10.0 Å². The van der Waals surface area contributed by atoms with Gasteiger partial charge in [0, 0.05) is 36.3 Å². The molecule has 148 valence electrons. The molecule has 3 atom stereocenters. The van der Waals surface area contributed by atoms with Crippen molar-refractivity contribution < 1.29 is 9.90 Å². The fourth-order valence-electron chi connectivity index (χ4n) is 5.46. The molecule has 2 heterocycles. The van der Waals surface area contributed by atoms with Gasteiger partial charge in [-0.05, 0) is 30.2 Å². The molecule has 2 aliphatic rings. The SMILES string of the molecule is O=C(c1cncc2ccccc12)N1CC[C@@](O)(c2ccccc2)[C@@H]2CCCCC21. The summed E-state index contributed by atoms with van der Waals surface area (Å²) in [4.78, 5) is 20.0. The van der Waals surface area contributed by atoms with Crippen LogP contribution in [0.15, 0.2) is 67.0 Å². The number of piperidine rings is 1. The van der Waals surface area contributed by atoms with Gasteiger partial charge in [-0.3, -0.25) is 9.78 Å². The number of nitrogens with zero attached hydrogens (tertiary/aromatic N) is 2. The number of fused-ring (bicyclic) bond motifs is 2. The molecule has 4 heteroatoms. The molecular weight excluding hydrogens is 360 g/mol. The summed E-state index contributed by atoms with van der Waals surface area (Å²) in [6.07, 6.45) is 8.18. The third-order valence-electron chi connectivity index (χ3n) is 6.91. The summed E-state index contributed by atoms with van der Waals surface area (Å²) < 4.78 is 0. The van der Waals surface area contributed by atoms with Gasteiger partial charge in [-0.15, -0.1) is 0 Å². The summed E-state index contributed by atoms with van der Waals surface area (Å²) in [6, 6.07) is 18.0. The molecule has 1 N–H and O–H groups in total. The van der Waals surface area contributed by atoms with Gasteiger partial charge in [0.25, 0.3) is 5.91 Å². The second-order valence-electron chi connectivity index (χ2n) is 8.41. The Morgan fingerprint density at radius 2 is 1.76 bits per heavy atom. The summed E-state index contributed by atoms with van der Waals surface area (Å²) >= 11 is 0. The van der Waals surface area contributed by atoms with Crippen LogP contribution in [0.2, 0.25) is 0 Å². The molecule has 1 aromatic heterocycles. The lowest BCUT2D eigenvalue weighted by Crippen LogP contribution is -2.59. The number of pyridine rings is 1. The van der Waals surface area contributed by atoms with E-state index in [0.717, 1.165) is 42.0 Å². The molecule has 29 heavy (non-hydrogen) atoms. The average molecular weight is 386 g/mol. The van der Waals surface area contributed by atoms with Crippen molar-refractivity contribution in [2.24, 2.45) is 5.92 Å². The molecule has 1 saturated heterocycles. The normalized spacial score (nSPS) is 26.9. The zero-order valence-corrected chi connectivity index (χ0v) is 16.5. The highest BCUT2D eigenvalue weighted by Gasteiger charge is 2.50. The monoisotopic (exact) mass is 386 g/mol. The van der Waals surface area contributed by atoms with Crippen molar-refractivity contribution in [2.45, 2.75) is 43.7 Å². The zero-order valence-electron chi connectivity index (χ0n) is 16.5. The van der Waals surface area contributed by atoms with Gasteiger partial charge in [0.2, 0.25) is 0 Å². The van der Waals surface area contributed by atoms with Gasteiger partial charge in [-0.1, -0.05) is 67.4 Å². The van der Waals surface area contributed by atoms with Crippen LogP contribution in [0.4, 0.5) is 0 Å². The molecule has 4 nitrogen and oxygen atoms in total. The van der Waals surface area contributed by atoms with Crippen molar-refractivity contribution in [3.63, 3.8) is 0 Å². The molecule has 1 amide bonds. The van der Waals surface area contributed by atoms with E-state index < -0.39 is 5.60 Å². The van der Waals surface area contributed by atoms with Crippen LogP contribution >= 0.6 is 0 Å². The summed E-state index contributed by atoms with van der Waals surface area (Å²) in [5.74, 6) is 0.112. The number of hydrogen-bond donors (Lipinski definition) is 1. The Hall–Kier alpha value is -2.72. The van der Waals surface area contributed by atoms with Crippen molar-refractivity contribution in [1.29, 1.82) is 0 Å². The van der Waals surface area contributed by atoms with Crippen LogP contribution < -0.4 is 0 Å². The van der Waals surface area contributed by atoms with E-state index in [4.69, 9.17) is 0 Å². The first kappa shape index (κ1) is 18.3. The van der Waals surface area contributed by atoms with E-state index in [0.29, 0.717) is 18.5 Å². The van der Waals surface area contributed by atoms with Crippen molar-refractivity contribution in [1.82, 2.24) is 9.88 Å². The van der Waals surface area contributed by atoms with Gasteiger partial charge >= 0.3 is 0 Å². The third kappa shape index (κ3) is 3.03. The molecule has 3 aromatic rings. The quantitative estimate of drug-likeness (QED) is 0.704. The molecule has 1 unspecified atom stereocenters. The fraction of sp³-hybridized carbons (Fsp3) is 0.360. The number of carbonyl (C=O) groups excluding carboxylic acids is 1. The van der Waals surface area contributed by atoms with E-state index in [2.05, 4.69) is 4.98 Å². The Labute approximate surface area is 171 Å². The molecule has 0 bridgehead atoms. The Morgan fingerprint density at radius 1 is 1.00 bits per heavy atom. The molecule has 2 fully saturated rings. The molecule has 2 aromatic carbocycles. The average Bonchev–Trinajstić information content (AvgIpc) is 2.79. The first-order valence-electron chi connectivity index (χ1n) is 10.6. The van der Waals surface area contributed by atoms with Gasteiger partial charge in [0.15, 0.2) is 0 Å². The first-order chi connectivity index (χ1) is 14.2. The van der Waals surface area contributed by atoms with E-state index in [-0.39, 0.29) is 17.9 Å². The van der Waals surface area contributed by atoms with Crippen molar-refractivity contribution >= 4 is 16.7 Å². The second kappa shape index (κ2) is 7.27. The zero-order chi connectivity index (χ0) is 19.8. The van der Waals surface area contributed by atoms with Gasteiger partial charge in [0.05, 0.1) is 11.2 Å². The van der Waals surface area contributed by atoms with Crippen LogP contribution in [-0.2, 0) is 5.60 Å². The van der Waals surface area contributed by atoms with Gasteiger partial charge in [-0.2, -0.15) is 0 Å². The summed E-state index contributed by atoms with van der Waals surface area (Å²) in [6.45, 7) is 0.564. The predicted molar refractivity (Wildman–Crippen MR) is 113 cm³/mol. The molecule has 1 aliphatic carbocycles. The molecule has 1 aliphatic heterocycles. The van der Waals surface area contributed by atoms with Crippen LogP contribution in [0.3, 0.4) is 0 Å². The topological polar surface area (TPSA) is 53.4 Å². The van der Waals surface area contributed by atoms with Gasteiger partial charge in [-0.25, -0.2) is 0 Å². The Morgan fingerprint density at radius 3 is 2.62 bits per heavy atom. The maximum absolute atomic E-state index is 13.6. The van der Waals surface area contributed by atoms with Crippen LogP contribution in [-0.4, -0.2) is 33.5 Å². The largest absolute Gasteiger partial charge is 0.385 e. The predicted octanol–water partition coefficient (Wildman–Crippen LogP) is 4.53. The first-order valence-corrected chi connectivity index (χ1v) is 10.6. The van der Waals surface area contributed by atoms with E-state index in [1.807, 2.05) is 59.5 Å². The number of benzene rings is 2. The second-order valence-corrected chi connectivity index (χ2v) is 8.41. The number of likely N-dealkylation sites (tertiary alicyclic amines) is 1. The summed E-state index contributed by atoms with van der Waals surface area (Å²) in [5.41, 5.74) is 0.786. The minimum absolute atomic E-state index is 0.0429. The van der Waals surface area contributed by atoms with Crippen LogP contribution in [0.5, 0.6) is 0 Å². The highest BCUT2D eigenvalue weighted by molar-refractivity contribution is 6.06. The lowest BCUT2D eigenvalue weighted by atomic mass is 9.66. The number of rotatable bonds is 2. The minimum Gasteiger partial charge on any atom is -0.385 e. The fourth-order valence-corrected chi connectivity index (χ4v) is 5.46. The van der Waals surface area contributed by atoms with Gasteiger partial charge in [0.1, 0.15) is 0 Å². The highest BCUT2D eigenvalue weighted by atomic mass is 16.3. The number of aromatic nitrogens is 1. The summed E-state index contributed by atoms with van der Waals surface area (Å²) in [7, 11) is 0. The van der Waals surface area contributed by atoms with E-state index in [1.54, 1.807) is 12.4 Å². The van der Waals surface area contributed by atoms with Crippen molar-refractivity contribution in [2.75, 3.05) is 6.54 Å². The smallest absolute Gasteiger partial charge is 0.256 e. The number of aliphatic hydroxyl groups is 1. The molecule has 1 saturated carbocycles. The lowest BCUT2D eigenvalue weighted by molar-refractivity contribution is -0.110. The standard InChI is InChI=1S/C25H26N2O2/c28-24(21-17-26-16-18-8-4-5-11-20(18)21)27-15-14-25(29,19-9-2-1-3-10-19)22-12-6-7-13-23(22)27/h1-5,8-11,16-17,22-23,29H,6-7,12-15H2/t22-,23?,25-/m1/s1. The maximum Gasteiger partial charge on any atom is 0.256 e. The Kier molecular flexibility index (Phi) is 4.59. The van der Waals surface area contributed by atoms with E-state index in [1.165, 1.54) is 0 Å². The third-order valence-corrected chi connectivity index (χ3v) is 6.91. The van der Waals surface area contributed by atoms with E-state index >= 15 is 0 Å². The maximum atomic E-state index is 13.6. The molecule has 0 radical (unpaired) electrons. The van der Waals surface area contributed by atoms with Crippen LogP contribution in [0.1, 0.15) is 48.0 Å². The van der Waals surface area contributed by atoms with Crippen LogP contribution in [0.25, 0.3) is 10.8 Å².